The van der Waals surface area contributed by atoms with Crippen LogP contribution in [0.1, 0.15) is 26.7 Å². The molecule has 136 valence electrons. The number of amides is 2. The second-order valence-corrected chi connectivity index (χ2v) is 6.12. The van der Waals surface area contributed by atoms with Gasteiger partial charge in [0.25, 0.3) is 0 Å². The topological polar surface area (TPSA) is 77.9 Å². The van der Waals surface area contributed by atoms with Crippen molar-refractivity contribution in [3.63, 3.8) is 0 Å². The summed E-state index contributed by atoms with van der Waals surface area (Å²) in [5.41, 5.74) is -0.0879. The predicted octanol–water partition coefficient (Wildman–Crippen LogP) is 2.03. The van der Waals surface area contributed by atoms with Gasteiger partial charge in [0, 0.05) is 25.1 Å². The van der Waals surface area contributed by atoms with Crippen molar-refractivity contribution in [2.75, 3.05) is 18.0 Å². The van der Waals surface area contributed by atoms with E-state index in [1.165, 1.54) is 4.90 Å². The van der Waals surface area contributed by atoms with Gasteiger partial charge in [-0.25, -0.2) is 8.78 Å². The van der Waals surface area contributed by atoms with Gasteiger partial charge < -0.3 is 14.9 Å². The number of aliphatic carboxylic acids is 1. The smallest absolute Gasteiger partial charge is 0.323 e. The number of hydrogen-bond acceptors (Lipinski definition) is 3. The van der Waals surface area contributed by atoms with E-state index in [0.29, 0.717) is 12.5 Å². The molecule has 1 aliphatic heterocycles. The Kier molecular flexibility index (Phi) is 5.71. The van der Waals surface area contributed by atoms with Crippen LogP contribution in [0.2, 0.25) is 0 Å². The Morgan fingerprint density at radius 1 is 1.40 bits per heavy atom. The number of carbonyl (C=O) groups excluding carboxylic acids is 2. The van der Waals surface area contributed by atoms with Crippen molar-refractivity contribution in [2.45, 2.75) is 32.7 Å². The third kappa shape index (κ3) is 4.12. The average molecular weight is 354 g/mol. The minimum Gasteiger partial charge on any atom is -0.480 e. The monoisotopic (exact) mass is 354 g/mol. The Bertz CT molecular complexity index is 695. The van der Waals surface area contributed by atoms with Crippen LogP contribution in [-0.2, 0) is 14.4 Å². The number of benzene rings is 1. The number of hydrogen-bond donors (Lipinski definition) is 1. The third-order valence-corrected chi connectivity index (χ3v) is 4.39. The quantitative estimate of drug-likeness (QED) is 0.848. The number of carboxylic acids is 1. The lowest BCUT2D eigenvalue weighted by atomic mass is 10.1. The summed E-state index contributed by atoms with van der Waals surface area (Å²) in [4.78, 5) is 38.2. The molecule has 1 aromatic carbocycles. The Balaban J connectivity index is 2.20. The van der Waals surface area contributed by atoms with Crippen molar-refractivity contribution >= 4 is 23.5 Å². The standard InChI is InChI=1S/C17H20F2N2O4/c1-3-10(2)20(9-16(23)24)17(25)11-6-15(22)21(8-11)14-5-4-12(18)7-13(14)19/h4-5,7,10-11H,3,6,8-9H2,1-2H3,(H,23,24). The van der Waals surface area contributed by atoms with Gasteiger partial charge in [-0.3, -0.25) is 14.4 Å². The minimum atomic E-state index is -1.14. The molecular formula is C17H20F2N2O4. The molecule has 2 amide bonds. The number of anilines is 1. The lowest BCUT2D eigenvalue weighted by molar-refractivity contribution is -0.148. The van der Waals surface area contributed by atoms with Crippen LogP contribution in [0.3, 0.4) is 0 Å². The summed E-state index contributed by atoms with van der Waals surface area (Å²) >= 11 is 0. The van der Waals surface area contributed by atoms with Gasteiger partial charge in [0.05, 0.1) is 11.6 Å². The number of carbonyl (C=O) groups is 3. The Morgan fingerprint density at radius 2 is 2.08 bits per heavy atom. The molecule has 1 saturated heterocycles. The first-order valence-electron chi connectivity index (χ1n) is 8.02. The van der Waals surface area contributed by atoms with Crippen LogP contribution < -0.4 is 4.90 Å². The fourth-order valence-electron chi connectivity index (χ4n) is 2.86. The summed E-state index contributed by atoms with van der Waals surface area (Å²) in [5, 5.41) is 9.01. The maximum Gasteiger partial charge on any atom is 0.323 e. The van der Waals surface area contributed by atoms with Gasteiger partial charge in [-0.05, 0) is 25.5 Å². The predicted molar refractivity (Wildman–Crippen MR) is 85.9 cm³/mol. The lowest BCUT2D eigenvalue weighted by Gasteiger charge is -2.29. The van der Waals surface area contributed by atoms with E-state index in [2.05, 4.69) is 0 Å². The van der Waals surface area contributed by atoms with E-state index in [-0.39, 0.29) is 24.7 Å². The highest BCUT2D eigenvalue weighted by atomic mass is 19.1. The maximum atomic E-state index is 13.9. The van der Waals surface area contributed by atoms with E-state index >= 15 is 0 Å². The molecule has 1 fully saturated rings. The zero-order valence-corrected chi connectivity index (χ0v) is 14.0. The van der Waals surface area contributed by atoms with Crippen molar-refractivity contribution in [3.8, 4) is 0 Å². The Labute approximate surface area is 144 Å². The van der Waals surface area contributed by atoms with Crippen LogP contribution in [-0.4, -0.2) is 46.9 Å². The highest BCUT2D eigenvalue weighted by Gasteiger charge is 2.39. The summed E-state index contributed by atoms with van der Waals surface area (Å²) in [6.07, 6.45) is 0.429. The van der Waals surface area contributed by atoms with E-state index in [1.807, 2.05) is 6.92 Å². The number of halogens is 2. The highest BCUT2D eigenvalue weighted by molar-refractivity contribution is 6.00. The molecule has 0 spiro atoms. The summed E-state index contributed by atoms with van der Waals surface area (Å²) in [5.74, 6) is -4.45. The molecule has 0 saturated carbocycles. The van der Waals surface area contributed by atoms with Gasteiger partial charge in [-0.2, -0.15) is 0 Å². The molecule has 1 N–H and O–H groups in total. The van der Waals surface area contributed by atoms with Gasteiger partial charge >= 0.3 is 5.97 Å². The molecule has 1 aromatic rings. The second-order valence-electron chi connectivity index (χ2n) is 6.12. The zero-order valence-electron chi connectivity index (χ0n) is 14.0. The van der Waals surface area contributed by atoms with Crippen LogP contribution in [0.25, 0.3) is 0 Å². The molecule has 0 bridgehead atoms. The molecule has 2 rings (SSSR count). The Hall–Kier alpha value is -2.51. The first-order valence-corrected chi connectivity index (χ1v) is 8.02. The fraction of sp³-hybridized carbons (Fsp3) is 0.471. The van der Waals surface area contributed by atoms with E-state index in [4.69, 9.17) is 5.11 Å². The molecular weight excluding hydrogens is 334 g/mol. The van der Waals surface area contributed by atoms with Crippen LogP contribution in [0.5, 0.6) is 0 Å². The molecule has 8 heteroatoms. The third-order valence-electron chi connectivity index (χ3n) is 4.39. The Morgan fingerprint density at radius 3 is 2.64 bits per heavy atom. The molecule has 2 atom stereocenters. The van der Waals surface area contributed by atoms with Crippen LogP contribution in [0.15, 0.2) is 18.2 Å². The normalized spacial score (nSPS) is 18.3. The number of carboxylic acid groups (broad SMARTS) is 1. The molecule has 6 nitrogen and oxygen atoms in total. The van der Waals surface area contributed by atoms with Crippen molar-refractivity contribution in [1.82, 2.24) is 4.90 Å². The van der Waals surface area contributed by atoms with E-state index < -0.39 is 41.9 Å². The number of nitrogens with zero attached hydrogens (tertiary/aromatic N) is 2. The van der Waals surface area contributed by atoms with Gasteiger partial charge in [0.15, 0.2) is 0 Å². The molecule has 1 heterocycles. The van der Waals surface area contributed by atoms with Crippen molar-refractivity contribution < 1.29 is 28.3 Å². The summed E-state index contributed by atoms with van der Waals surface area (Å²) in [6.45, 7) is 3.04. The lowest BCUT2D eigenvalue weighted by Crippen LogP contribution is -2.45. The molecule has 2 unspecified atom stereocenters. The summed E-state index contributed by atoms with van der Waals surface area (Å²) < 4.78 is 26.9. The molecule has 0 aliphatic carbocycles. The fourth-order valence-corrected chi connectivity index (χ4v) is 2.86. The summed E-state index contributed by atoms with van der Waals surface area (Å²) in [7, 11) is 0. The van der Waals surface area contributed by atoms with Gasteiger partial charge in [0.1, 0.15) is 18.2 Å². The van der Waals surface area contributed by atoms with E-state index in [1.54, 1.807) is 6.92 Å². The van der Waals surface area contributed by atoms with Gasteiger partial charge in [-0.1, -0.05) is 6.92 Å². The van der Waals surface area contributed by atoms with Gasteiger partial charge in [0.2, 0.25) is 11.8 Å². The van der Waals surface area contributed by atoms with Crippen molar-refractivity contribution in [1.29, 1.82) is 0 Å². The van der Waals surface area contributed by atoms with Gasteiger partial charge in [-0.15, -0.1) is 0 Å². The van der Waals surface area contributed by atoms with Crippen LogP contribution in [0, 0.1) is 17.6 Å². The summed E-state index contributed by atoms with van der Waals surface area (Å²) in [6, 6.07) is 2.57. The van der Waals surface area contributed by atoms with Crippen LogP contribution in [0.4, 0.5) is 14.5 Å². The zero-order chi connectivity index (χ0) is 18.7. The first-order chi connectivity index (χ1) is 11.7. The van der Waals surface area contributed by atoms with Crippen LogP contribution >= 0.6 is 0 Å². The van der Waals surface area contributed by atoms with Crippen molar-refractivity contribution in [2.24, 2.45) is 5.92 Å². The SMILES string of the molecule is CCC(C)N(CC(=O)O)C(=O)C1CC(=O)N(c2ccc(F)cc2F)C1. The average Bonchev–Trinajstić information content (AvgIpc) is 2.93. The minimum absolute atomic E-state index is 0.0627. The number of rotatable bonds is 6. The maximum absolute atomic E-state index is 13.9. The molecule has 0 aromatic heterocycles. The second kappa shape index (κ2) is 7.58. The van der Waals surface area contributed by atoms with E-state index in [9.17, 15) is 23.2 Å². The highest BCUT2D eigenvalue weighted by Crippen LogP contribution is 2.29. The van der Waals surface area contributed by atoms with E-state index in [0.717, 1.165) is 17.0 Å². The molecule has 0 radical (unpaired) electrons. The van der Waals surface area contributed by atoms with Crippen molar-refractivity contribution in [3.05, 3.63) is 29.8 Å². The largest absolute Gasteiger partial charge is 0.480 e. The first kappa shape index (κ1) is 18.8. The molecule has 1 aliphatic rings. The molecule has 25 heavy (non-hydrogen) atoms.